The fraction of sp³-hybridized carbons (Fsp3) is 0.450. The molecule has 0 spiro atoms. The van der Waals surface area contributed by atoms with E-state index in [0.29, 0.717) is 17.7 Å². The van der Waals surface area contributed by atoms with Gasteiger partial charge in [-0.15, -0.1) is 0 Å². The number of nitrogens with two attached hydrogens (primary N) is 1. The quantitative estimate of drug-likeness (QED) is 0.918. The number of hydrogen-bond donors (Lipinski definition) is 1. The first-order valence-corrected chi connectivity index (χ1v) is 8.60. The van der Waals surface area contributed by atoms with E-state index >= 15 is 0 Å². The fourth-order valence-electron chi connectivity index (χ4n) is 3.80. The summed E-state index contributed by atoms with van der Waals surface area (Å²) in [6.45, 7) is 7.95. The maximum absolute atomic E-state index is 6.06. The smallest absolute Gasteiger partial charge is 0.213 e. The molecule has 1 aromatic carbocycles. The number of hydrogen-bond acceptors (Lipinski definition) is 4. The molecule has 0 radical (unpaired) electrons. The van der Waals surface area contributed by atoms with E-state index < -0.39 is 0 Å². The molecule has 1 fully saturated rings. The topological polar surface area (TPSA) is 51.4 Å². The minimum Gasteiger partial charge on any atom is -0.481 e. The van der Waals surface area contributed by atoms with Crippen LogP contribution in [0.2, 0.25) is 0 Å². The van der Waals surface area contributed by atoms with Crippen LogP contribution in [-0.2, 0) is 6.54 Å². The van der Waals surface area contributed by atoms with E-state index in [4.69, 9.17) is 10.5 Å². The van der Waals surface area contributed by atoms with Crippen molar-refractivity contribution < 1.29 is 4.74 Å². The second-order valence-electron chi connectivity index (χ2n) is 6.75. The molecule has 24 heavy (non-hydrogen) atoms. The highest BCUT2D eigenvalue weighted by Crippen LogP contribution is 2.33. The van der Waals surface area contributed by atoms with E-state index in [2.05, 4.69) is 54.1 Å². The average molecular weight is 325 g/mol. The van der Waals surface area contributed by atoms with Gasteiger partial charge in [-0.2, -0.15) is 0 Å². The van der Waals surface area contributed by atoms with Gasteiger partial charge in [0, 0.05) is 37.3 Å². The lowest BCUT2D eigenvalue weighted by atomic mass is 9.89. The predicted molar refractivity (Wildman–Crippen MR) is 97.3 cm³/mol. The van der Waals surface area contributed by atoms with E-state index in [-0.39, 0.29) is 0 Å². The molecule has 0 bridgehead atoms. The van der Waals surface area contributed by atoms with Crippen LogP contribution in [0.1, 0.15) is 28.3 Å². The zero-order valence-corrected chi connectivity index (χ0v) is 14.8. The third-order valence-electron chi connectivity index (χ3n) is 5.17. The highest BCUT2D eigenvalue weighted by molar-refractivity contribution is 5.34. The minimum absolute atomic E-state index is 0.513. The number of pyridine rings is 1. The Kier molecular flexibility index (Phi) is 5.17. The van der Waals surface area contributed by atoms with Crippen LogP contribution < -0.4 is 10.5 Å². The van der Waals surface area contributed by atoms with Crippen LogP contribution in [0.25, 0.3) is 0 Å². The SMILES string of the molecule is COc1cc(C)c(CN2C[C@@H](CN)[C@H](c3ccccc3)C2)c(C)n1. The van der Waals surface area contributed by atoms with Crippen molar-refractivity contribution in [2.75, 3.05) is 26.7 Å². The number of aromatic nitrogens is 1. The van der Waals surface area contributed by atoms with Gasteiger partial charge in [-0.3, -0.25) is 4.90 Å². The molecule has 2 aromatic rings. The van der Waals surface area contributed by atoms with Crippen molar-refractivity contribution in [1.82, 2.24) is 9.88 Å². The number of rotatable bonds is 5. The van der Waals surface area contributed by atoms with Gasteiger partial charge in [0.25, 0.3) is 0 Å². The average Bonchev–Trinajstić information content (AvgIpc) is 3.01. The van der Waals surface area contributed by atoms with Crippen LogP contribution in [0.5, 0.6) is 5.88 Å². The number of aryl methyl sites for hydroxylation is 2. The van der Waals surface area contributed by atoms with Crippen LogP contribution in [-0.4, -0.2) is 36.6 Å². The monoisotopic (exact) mass is 325 g/mol. The minimum atomic E-state index is 0.513. The first-order valence-electron chi connectivity index (χ1n) is 8.60. The van der Waals surface area contributed by atoms with Crippen LogP contribution in [0.3, 0.4) is 0 Å². The molecule has 1 aliphatic heterocycles. The first-order chi connectivity index (χ1) is 11.6. The van der Waals surface area contributed by atoms with E-state index in [1.165, 1.54) is 16.7 Å². The molecule has 4 nitrogen and oxygen atoms in total. The fourth-order valence-corrected chi connectivity index (χ4v) is 3.80. The molecular formula is C20H27N3O. The lowest BCUT2D eigenvalue weighted by Gasteiger charge is -2.19. The molecule has 2 heterocycles. The largest absolute Gasteiger partial charge is 0.481 e. The van der Waals surface area contributed by atoms with Crippen LogP contribution >= 0.6 is 0 Å². The lowest BCUT2D eigenvalue weighted by molar-refractivity contribution is 0.314. The van der Waals surface area contributed by atoms with Crippen molar-refractivity contribution >= 4 is 0 Å². The Labute approximate surface area is 144 Å². The third kappa shape index (κ3) is 3.45. The molecular weight excluding hydrogens is 298 g/mol. The maximum Gasteiger partial charge on any atom is 0.213 e. The summed E-state index contributed by atoms with van der Waals surface area (Å²) in [7, 11) is 1.66. The van der Waals surface area contributed by atoms with Gasteiger partial charge in [0.1, 0.15) is 0 Å². The third-order valence-corrected chi connectivity index (χ3v) is 5.17. The van der Waals surface area contributed by atoms with Gasteiger partial charge in [0.2, 0.25) is 5.88 Å². The molecule has 0 unspecified atom stereocenters. The number of ether oxygens (including phenoxy) is 1. The van der Waals surface area contributed by atoms with Crippen LogP contribution in [0, 0.1) is 19.8 Å². The van der Waals surface area contributed by atoms with Crippen molar-refractivity contribution in [2.45, 2.75) is 26.3 Å². The van der Waals surface area contributed by atoms with Gasteiger partial charge in [-0.05, 0) is 43.0 Å². The van der Waals surface area contributed by atoms with Crippen LogP contribution in [0.4, 0.5) is 0 Å². The van der Waals surface area contributed by atoms with Crippen molar-refractivity contribution in [3.63, 3.8) is 0 Å². The van der Waals surface area contributed by atoms with Crippen molar-refractivity contribution in [1.29, 1.82) is 0 Å². The summed E-state index contributed by atoms with van der Waals surface area (Å²) in [5.74, 6) is 1.72. The summed E-state index contributed by atoms with van der Waals surface area (Å²) >= 11 is 0. The van der Waals surface area contributed by atoms with Crippen molar-refractivity contribution in [3.05, 3.63) is 58.8 Å². The molecule has 128 valence electrons. The molecule has 1 aliphatic rings. The maximum atomic E-state index is 6.06. The summed E-state index contributed by atoms with van der Waals surface area (Å²) < 4.78 is 5.27. The number of nitrogens with zero attached hydrogens (tertiary/aromatic N) is 2. The van der Waals surface area contributed by atoms with E-state index in [1.807, 2.05) is 6.07 Å². The Balaban J connectivity index is 1.78. The van der Waals surface area contributed by atoms with E-state index in [9.17, 15) is 0 Å². The Morgan fingerprint density at radius 3 is 2.58 bits per heavy atom. The van der Waals surface area contributed by atoms with Gasteiger partial charge >= 0.3 is 0 Å². The Morgan fingerprint density at radius 1 is 1.21 bits per heavy atom. The Hall–Kier alpha value is -1.91. The summed E-state index contributed by atoms with van der Waals surface area (Å²) in [6, 6.07) is 12.8. The number of likely N-dealkylation sites (tertiary alicyclic amines) is 1. The molecule has 2 atom stereocenters. The molecule has 2 N–H and O–H groups in total. The number of methoxy groups -OCH3 is 1. The molecule has 0 saturated carbocycles. The zero-order valence-electron chi connectivity index (χ0n) is 14.8. The van der Waals surface area contributed by atoms with E-state index in [1.54, 1.807) is 7.11 Å². The zero-order chi connectivity index (χ0) is 17.1. The standard InChI is InChI=1S/C20H27N3O/c1-14-9-20(24-3)22-15(2)18(14)12-23-11-17(10-21)19(13-23)16-7-5-4-6-8-16/h4-9,17,19H,10-13,21H2,1-3H3/t17-,19+/m1/s1. The molecule has 4 heteroatoms. The lowest BCUT2D eigenvalue weighted by Crippen LogP contribution is -2.24. The van der Waals surface area contributed by atoms with Gasteiger partial charge in [0.15, 0.2) is 0 Å². The van der Waals surface area contributed by atoms with Crippen LogP contribution in [0.15, 0.2) is 36.4 Å². The second kappa shape index (κ2) is 7.32. The van der Waals surface area contributed by atoms with Crippen molar-refractivity contribution in [2.24, 2.45) is 11.7 Å². The highest BCUT2D eigenvalue weighted by Gasteiger charge is 2.33. The first kappa shape index (κ1) is 16.9. The highest BCUT2D eigenvalue weighted by atomic mass is 16.5. The molecule has 3 rings (SSSR count). The Morgan fingerprint density at radius 2 is 1.96 bits per heavy atom. The van der Waals surface area contributed by atoms with Gasteiger partial charge in [-0.1, -0.05) is 30.3 Å². The van der Waals surface area contributed by atoms with Crippen molar-refractivity contribution in [3.8, 4) is 5.88 Å². The predicted octanol–water partition coefficient (Wildman–Crippen LogP) is 2.88. The van der Waals surface area contributed by atoms with E-state index in [0.717, 1.165) is 31.9 Å². The van der Waals surface area contributed by atoms with Gasteiger partial charge in [0.05, 0.1) is 7.11 Å². The summed E-state index contributed by atoms with van der Waals surface area (Å²) in [6.07, 6.45) is 0. The summed E-state index contributed by atoms with van der Waals surface area (Å²) in [5.41, 5.74) is 11.1. The summed E-state index contributed by atoms with van der Waals surface area (Å²) in [4.78, 5) is 7.05. The summed E-state index contributed by atoms with van der Waals surface area (Å²) in [5, 5.41) is 0. The van der Waals surface area contributed by atoms with Gasteiger partial charge in [-0.25, -0.2) is 4.98 Å². The number of benzene rings is 1. The molecule has 1 aromatic heterocycles. The second-order valence-corrected chi connectivity index (χ2v) is 6.75. The normalized spacial score (nSPS) is 21.2. The van der Waals surface area contributed by atoms with Gasteiger partial charge < -0.3 is 10.5 Å². The molecule has 0 amide bonds. The Bertz CT molecular complexity index is 664. The molecule has 1 saturated heterocycles. The molecule has 0 aliphatic carbocycles.